The largest absolute Gasteiger partial charge is 0.507 e. The Kier molecular flexibility index (Phi) is 6.49. The van der Waals surface area contributed by atoms with Gasteiger partial charge >= 0.3 is 0 Å². The summed E-state index contributed by atoms with van der Waals surface area (Å²) in [6.07, 6.45) is 2.05. The maximum absolute atomic E-state index is 13.4. The van der Waals surface area contributed by atoms with E-state index in [-0.39, 0.29) is 28.9 Å². The van der Waals surface area contributed by atoms with Crippen molar-refractivity contribution in [3.63, 3.8) is 0 Å². The van der Waals surface area contributed by atoms with Gasteiger partial charge in [0.1, 0.15) is 11.4 Å². The minimum absolute atomic E-state index is 0.0130. The highest BCUT2D eigenvalue weighted by Gasteiger charge is 2.29. The molecular weight excluding hydrogens is 458 g/mol. The first-order valence-corrected chi connectivity index (χ1v) is 12.5. The summed E-state index contributed by atoms with van der Waals surface area (Å²) in [7, 11) is 2.05. The van der Waals surface area contributed by atoms with Crippen molar-refractivity contribution in [2.45, 2.75) is 39.3 Å². The number of aromatic nitrogens is 2. The molecule has 2 N–H and O–H groups in total. The van der Waals surface area contributed by atoms with E-state index in [2.05, 4.69) is 22.1 Å². The maximum Gasteiger partial charge on any atom is 0.258 e. The number of piperazine rings is 1. The Balaban J connectivity index is 1.35. The minimum atomic E-state index is -0.328. The summed E-state index contributed by atoms with van der Waals surface area (Å²) < 4.78 is 0. The first-order valence-electron chi connectivity index (χ1n) is 12.5. The molecule has 0 atom stereocenters. The number of nitrogens with zero attached hydrogens (tertiary/aromatic N) is 4. The third-order valence-corrected chi connectivity index (χ3v) is 7.18. The lowest BCUT2D eigenvalue weighted by atomic mass is 10.0. The Hall–Kier alpha value is -3.72. The van der Waals surface area contributed by atoms with Crippen LogP contribution in [-0.4, -0.2) is 80.8 Å². The van der Waals surface area contributed by atoms with E-state index in [1.54, 1.807) is 11.0 Å². The van der Waals surface area contributed by atoms with Gasteiger partial charge < -0.3 is 19.8 Å². The number of H-pyrrole nitrogens is 1. The third kappa shape index (κ3) is 4.46. The molecule has 0 bridgehead atoms. The summed E-state index contributed by atoms with van der Waals surface area (Å²) in [4.78, 5) is 44.7. The van der Waals surface area contributed by atoms with Crippen LogP contribution in [0.15, 0.2) is 30.3 Å². The number of hydrogen-bond acceptors (Lipinski definition) is 6. The van der Waals surface area contributed by atoms with Gasteiger partial charge in [0, 0.05) is 62.7 Å². The summed E-state index contributed by atoms with van der Waals surface area (Å²) in [5.74, 6) is -0.561. The van der Waals surface area contributed by atoms with Gasteiger partial charge in [0.15, 0.2) is 5.78 Å². The van der Waals surface area contributed by atoms with Crippen LogP contribution in [-0.2, 0) is 13.1 Å². The normalized spacial score (nSPS) is 15.9. The molecular formula is C27H31N5O4. The fourth-order valence-electron chi connectivity index (χ4n) is 4.93. The molecule has 36 heavy (non-hydrogen) atoms. The summed E-state index contributed by atoms with van der Waals surface area (Å²) in [6, 6.07) is 8.63. The smallest absolute Gasteiger partial charge is 0.258 e. The van der Waals surface area contributed by atoms with E-state index in [1.807, 2.05) is 30.0 Å². The van der Waals surface area contributed by atoms with Gasteiger partial charge in [0.25, 0.3) is 11.8 Å². The average Bonchev–Trinajstić information content (AvgIpc) is 3.49. The van der Waals surface area contributed by atoms with Crippen LogP contribution in [0.5, 0.6) is 5.75 Å². The number of rotatable bonds is 6. The molecule has 2 amide bonds. The Bertz CT molecular complexity index is 1340. The number of phenols is 1. The molecule has 2 aliphatic rings. The lowest BCUT2D eigenvalue weighted by Gasteiger charge is -2.32. The minimum Gasteiger partial charge on any atom is -0.507 e. The fraction of sp³-hybridized carbons (Fsp3) is 0.407. The highest BCUT2D eigenvalue weighted by molar-refractivity contribution is 6.09. The average molecular weight is 490 g/mol. The van der Waals surface area contributed by atoms with E-state index in [4.69, 9.17) is 0 Å². The topological polar surface area (TPSA) is 110 Å². The Morgan fingerprint density at radius 2 is 1.72 bits per heavy atom. The summed E-state index contributed by atoms with van der Waals surface area (Å²) in [6.45, 7) is 5.88. The van der Waals surface area contributed by atoms with Crippen LogP contribution in [0.1, 0.15) is 68.5 Å². The maximum atomic E-state index is 13.4. The second-order valence-electron chi connectivity index (χ2n) is 9.75. The molecule has 1 aromatic heterocycles. The summed E-state index contributed by atoms with van der Waals surface area (Å²) >= 11 is 0. The molecule has 9 nitrogen and oxygen atoms in total. The molecule has 0 spiro atoms. The van der Waals surface area contributed by atoms with E-state index in [0.717, 1.165) is 37.1 Å². The number of carbonyl (C=O) groups excluding carboxylic acids is 3. The van der Waals surface area contributed by atoms with E-state index >= 15 is 0 Å². The lowest BCUT2D eigenvalue weighted by Crippen LogP contribution is -2.47. The number of ketones is 1. The van der Waals surface area contributed by atoms with Crippen LogP contribution in [0.3, 0.4) is 0 Å². The first kappa shape index (κ1) is 24.0. The van der Waals surface area contributed by atoms with Crippen molar-refractivity contribution in [1.29, 1.82) is 0 Å². The zero-order valence-corrected chi connectivity index (χ0v) is 20.7. The van der Waals surface area contributed by atoms with Crippen molar-refractivity contribution in [2.24, 2.45) is 0 Å². The quantitative estimate of drug-likeness (QED) is 0.515. The van der Waals surface area contributed by atoms with Crippen LogP contribution in [0.25, 0.3) is 10.9 Å². The SMILES string of the molecule is CCCCC(=O)c1n[nH]c2cc(O)c(C(=O)N3Cc4ccc(C(=O)N5CCN(C)CC5)cc4C3)cc12. The molecule has 0 radical (unpaired) electrons. The van der Waals surface area contributed by atoms with Gasteiger partial charge in [-0.2, -0.15) is 5.10 Å². The zero-order valence-electron chi connectivity index (χ0n) is 20.7. The lowest BCUT2D eigenvalue weighted by molar-refractivity contribution is 0.0663. The second kappa shape index (κ2) is 9.73. The number of nitrogens with one attached hydrogen (secondary N) is 1. The molecule has 3 heterocycles. The number of aromatic amines is 1. The molecule has 2 aromatic carbocycles. The van der Waals surface area contributed by atoms with Crippen molar-refractivity contribution in [1.82, 2.24) is 24.9 Å². The predicted octanol–water partition coefficient (Wildman–Crippen LogP) is 3.19. The van der Waals surface area contributed by atoms with Gasteiger partial charge in [-0.25, -0.2) is 0 Å². The van der Waals surface area contributed by atoms with Crippen LogP contribution in [0, 0.1) is 0 Å². The summed E-state index contributed by atoms with van der Waals surface area (Å²) in [5.41, 5.74) is 3.49. The number of Topliss-reactive ketones (excluding diaryl/α,β-unsaturated/α-hetero) is 1. The Morgan fingerprint density at radius 3 is 2.47 bits per heavy atom. The van der Waals surface area contributed by atoms with Crippen LogP contribution in [0.2, 0.25) is 0 Å². The van der Waals surface area contributed by atoms with Gasteiger partial charge in [-0.3, -0.25) is 19.5 Å². The van der Waals surface area contributed by atoms with Gasteiger partial charge in [0.05, 0.1) is 11.1 Å². The van der Waals surface area contributed by atoms with Crippen molar-refractivity contribution in [2.75, 3.05) is 33.2 Å². The Morgan fingerprint density at radius 1 is 0.972 bits per heavy atom. The van der Waals surface area contributed by atoms with Gasteiger partial charge in [-0.05, 0) is 42.8 Å². The number of unbranched alkanes of at least 4 members (excludes halogenated alkanes) is 1. The van der Waals surface area contributed by atoms with Gasteiger partial charge in [0.2, 0.25) is 0 Å². The van der Waals surface area contributed by atoms with Crippen molar-refractivity contribution in [3.8, 4) is 5.75 Å². The molecule has 3 aromatic rings. The number of hydrogen-bond donors (Lipinski definition) is 2. The van der Waals surface area contributed by atoms with Crippen molar-refractivity contribution >= 4 is 28.5 Å². The van der Waals surface area contributed by atoms with Gasteiger partial charge in [-0.1, -0.05) is 19.4 Å². The monoisotopic (exact) mass is 489 g/mol. The number of carbonyl (C=O) groups is 3. The number of benzene rings is 2. The van der Waals surface area contributed by atoms with Crippen LogP contribution >= 0.6 is 0 Å². The molecule has 5 rings (SSSR count). The van der Waals surface area contributed by atoms with E-state index in [1.165, 1.54) is 6.07 Å². The molecule has 0 saturated carbocycles. The Labute approximate surface area is 209 Å². The highest BCUT2D eigenvalue weighted by atomic mass is 16.3. The number of likely N-dealkylation sites (N-methyl/N-ethyl adjacent to an activating group) is 1. The van der Waals surface area contributed by atoms with Crippen LogP contribution < -0.4 is 0 Å². The standard InChI is InChI=1S/C27H31N5O4/c1-3-4-5-23(33)25-20-13-21(24(34)14-22(20)28-29-25)27(36)32-15-18-7-6-17(12-19(18)16-32)26(35)31-10-8-30(2)9-11-31/h6-7,12-14,34H,3-5,8-11,15-16H2,1-2H3,(H,28,29). The first-order chi connectivity index (χ1) is 17.4. The number of amides is 2. The predicted molar refractivity (Wildman–Crippen MR) is 135 cm³/mol. The molecule has 0 unspecified atom stereocenters. The second-order valence-corrected chi connectivity index (χ2v) is 9.75. The van der Waals surface area contributed by atoms with E-state index < -0.39 is 0 Å². The molecule has 9 heteroatoms. The molecule has 1 fully saturated rings. The molecule has 1 saturated heterocycles. The molecule has 2 aliphatic heterocycles. The fourth-order valence-corrected chi connectivity index (χ4v) is 4.93. The van der Waals surface area contributed by atoms with Crippen molar-refractivity contribution < 1.29 is 19.5 Å². The molecule has 188 valence electrons. The van der Waals surface area contributed by atoms with Gasteiger partial charge in [-0.15, -0.1) is 0 Å². The molecule has 0 aliphatic carbocycles. The number of fused-ring (bicyclic) bond motifs is 2. The van der Waals surface area contributed by atoms with E-state index in [9.17, 15) is 19.5 Å². The summed E-state index contributed by atoms with van der Waals surface area (Å²) in [5, 5.41) is 18.1. The van der Waals surface area contributed by atoms with Crippen molar-refractivity contribution in [3.05, 3.63) is 58.3 Å². The van der Waals surface area contributed by atoms with Crippen LogP contribution in [0.4, 0.5) is 0 Å². The number of aromatic hydroxyl groups is 1. The third-order valence-electron chi connectivity index (χ3n) is 7.18. The highest BCUT2D eigenvalue weighted by Crippen LogP contribution is 2.31. The number of phenolic OH excluding ortho intramolecular Hbond substituents is 1. The van der Waals surface area contributed by atoms with E-state index in [0.29, 0.717) is 54.8 Å². The zero-order chi connectivity index (χ0) is 25.4.